The lowest BCUT2D eigenvalue weighted by atomic mass is 10.0. The number of primary amides is 1. The van der Waals surface area contributed by atoms with Crippen molar-refractivity contribution in [1.29, 1.82) is 0 Å². The van der Waals surface area contributed by atoms with Crippen molar-refractivity contribution in [2.24, 2.45) is 12.8 Å². The van der Waals surface area contributed by atoms with Crippen LogP contribution in [0.3, 0.4) is 0 Å². The Kier molecular flexibility index (Phi) is 5.99. The van der Waals surface area contributed by atoms with Crippen molar-refractivity contribution in [3.8, 4) is 0 Å². The molecule has 4 rings (SSSR count). The van der Waals surface area contributed by atoms with Gasteiger partial charge in [0.15, 0.2) is 5.65 Å². The second-order valence-electron chi connectivity index (χ2n) is 7.85. The van der Waals surface area contributed by atoms with Crippen molar-refractivity contribution in [3.05, 3.63) is 48.2 Å². The van der Waals surface area contributed by atoms with E-state index in [9.17, 15) is 14.0 Å². The zero-order chi connectivity index (χ0) is 22.8. The molecular formula is C21H25FN8O2. The van der Waals surface area contributed by atoms with Gasteiger partial charge in [0.1, 0.15) is 24.0 Å². The minimum absolute atomic E-state index is 0.00945. The summed E-state index contributed by atoms with van der Waals surface area (Å²) in [6, 6.07) is 4.80. The van der Waals surface area contributed by atoms with E-state index >= 15 is 0 Å². The Labute approximate surface area is 184 Å². The lowest BCUT2D eigenvalue weighted by molar-refractivity contribution is -0.134. The number of likely N-dealkylation sites (N-methyl/N-ethyl adjacent to an activating group) is 1. The molecule has 3 heterocycles. The number of amides is 2. The van der Waals surface area contributed by atoms with Gasteiger partial charge in [-0.05, 0) is 24.7 Å². The summed E-state index contributed by atoms with van der Waals surface area (Å²) in [7, 11) is 3.46. The van der Waals surface area contributed by atoms with Gasteiger partial charge in [-0.25, -0.2) is 14.4 Å². The summed E-state index contributed by atoms with van der Waals surface area (Å²) < 4.78 is 15.3. The van der Waals surface area contributed by atoms with Crippen molar-refractivity contribution in [2.45, 2.75) is 6.04 Å². The fraction of sp³-hybridized carbons (Fsp3) is 0.381. The number of fused-ring (bicyclic) bond motifs is 1. The van der Waals surface area contributed by atoms with E-state index in [1.54, 1.807) is 33.8 Å². The summed E-state index contributed by atoms with van der Waals surface area (Å²) in [5, 5.41) is 5.11. The van der Waals surface area contributed by atoms with Crippen molar-refractivity contribution in [3.63, 3.8) is 0 Å². The van der Waals surface area contributed by atoms with Crippen LogP contribution in [0.4, 0.5) is 10.2 Å². The van der Waals surface area contributed by atoms with Gasteiger partial charge in [0, 0.05) is 33.2 Å². The molecular weight excluding hydrogens is 415 g/mol. The quantitative estimate of drug-likeness (QED) is 0.587. The topological polar surface area (TPSA) is 113 Å². The zero-order valence-corrected chi connectivity index (χ0v) is 18.0. The van der Waals surface area contributed by atoms with E-state index in [1.165, 1.54) is 24.5 Å². The molecule has 32 heavy (non-hydrogen) atoms. The van der Waals surface area contributed by atoms with Crippen molar-refractivity contribution in [1.82, 2.24) is 29.5 Å². The van der Waals surface area contributed by atoms with Gasteiger partial charge in [0.05, 0.1) is 18.1 Å². The second kappa shape index (κ2) is 8.87. The number of halogens is 1. The molecule has 1 saturated heterocycles. The average Bonchev–Trinajstić information content (AvgIpc) is 3.15. The highest BCUT2D eigenvalue weighted by molar-refractivity contribution is 5.87. The van der Waals surface area contributed by atoms with Gasteiger partial charge in [-0.3, -0.25) is 19.2 Å². The Balaban J connectivity index is 1.40. The molecule has 1 fully saturated rings. The first-order chi connectivity index (χ1) is 15.3. The summed E-state index contributed by atoms with van der Waals surface area (Å²) in [6.45, 7) is 2.24. The smallest absolute Gasteiger partial charge is 0.239 e. The van der Waals surface area contributed by atoms with Gasteiger partial charge in [0.2, 0.25) is 11.8 Å². The third kappa shape index (κ3) is 4.24. The van der Waals surface area contributed by atoms with Crippen molar-refractivity contribution < 1.29 is 14.0 Å². The Hall–Kier alpha value is -3.60. The summed E-state index contributed by atoms with van der Waals surface area (Å²) in [5.41, 5.74) is 6.72. The van der Waals surface area contributed by atoms with Gasteiger partial charge in [-0.15, -0.1) is 0 Å². The predicted molar refractivity (Wildman–Crippen MR) is 116 cm³/mol. The fourth-order valence-corrected chi connectivity index (χ4v) is 4.09. The van der Waals surface area contributed by atoms with Crippen LogP contribution in [-0.2, 0) is 16.6 Å². The monoisotopic (exact) mass is 440 g/mol. The molecule has 1 unspecified atom stereocenters. The number of carbonyl (C=O) groups is 2. The Morgan fingerprint density at radius 2 is 1.97 bits per heavy atom. The molecule has 0 bridgehead atoms. The second-order valence-corrected chi connectivity index (χ2v) is 7.85. The van der Waals surface area contributed by atoms with E-state index < -0.39 is 17.8 Å². The van der Waals surface area contributed by atoms with Crippen LogP contribution in [0.2, 0.25) is 0 Å². The molecule has 3 aromatic rings. The van der Waals surface area contributed by atoms with Gasteiger partial charge in [-0.2, -0.15) is 5.10 Å². The molecule has 0 saturated carbocycles. The van der Waals surface area contributed by atoms with Crippen LogP contribution in [0.5, 0.6) is 0 Å². The fourth-order valence-electron chi connectivity index (χ4n) is 4.09. The molecule has 1 aliphatic rings. The molecule has 2 N–H and O–H groups in total. The number of anilines is 1. The summed E-state index contributed by atoms with van der Waals surface area (Å²) in [4.78, 5) is 39.0. The molecule has 2 amide bonds. The third-order valence-electron chi connectivity index (χ3n) is 5.70. The molecule has 2 aromatic heterocycles. The zero-order valence-electron chi connectivity index (χ0n) is 18.0. The van der Waals surface area contributed by atoms with Gasteiger partial charge in [0.25, 0.3) is 0 Å². The van der Waals surface area contributed by atoms with Crippen molar-refractivity contribution >= 4 is 28.7 Å². The summed E-state index contributed by atoms with van der Waals surface area (Å²) in [6.07, 6.45) is 3.26. The molecule has 168 valence electrons. The molecule has 11 heteroatoms. The molecule has 0 aliphatic carbocycles. The van der Waals surface area contributed by atoms with E-state index in [1.807, 2.05) is 7.05 Å². The van der Waals surface area contributed by atoms with Crippen LogP contribution in [0.25, 0.3) is 11.0 Å². The van der Waals surface area contributed by atoms with Gasteiger partial charge in [-0.1, -0.05) is 12.1 Å². The van der Waals surface area contributed by atoms with Crippen LogP contribution < -0.4 is 10.6 Å². The van der Waals surface area contributed by atoms with Crippen LogP contribution in [-0.4, -0.2) is 81.1 Å². The molecule has 1 atom stereocenters. The maximum Gasteiger partial charge on any atom is 0.239 e. The predicted octanol–water partition coefficient (Wildman–Crippen LogP) is 0.309. The molecule has 1 aromatic carbocycles. The number of hydrogen-bond donors (Lipinski definition) is 1. The number of nitrogens with zero attached hydrogens (tertiary/aromatic N) is 7. The van der Waals surface area contributed by atoms with Crippen LogP contribution in [0, 0.1) is 5.82 Å². The Morgan fingerprint density at radius 3 is 2.66 bits per heavy atom. The van der Waals surface area contributed by atoms with Crippen LogP contribution >= 0.6 is 0 Å². The van der Waals surface area contributed by atoms with Crippen LogP contribution in [0.1, 0.15) is 11.6 Å². The first kappa shape index (κ1) is 21.6. The normalized spacial score (nSPS) is 15.4. The molecule has 1 aliphatic heterocycles. The molecule has 0 spiro atoms. The number of aryl methyl sites for hydroxylation is 1. The number of aromatic nitrogens is 4. The maximum atomic E-state index is 13.6. The number of hydrogen-bond acceptors (Lipinski definition) is 7. The van der Waals surface area contributed by atoms with E-state index in [0.29, 0.717) is 31.7 Å². The average molecular weight is 440 g/mol. The van der Waals surface area contributed by atoms with E-state index in [4.69, 9.17) is 5.73 Å². The maximum absolute atomic E-state index is 13.6. The lowest BCUT2D eigenvalue weighted by Gasteiger charge is -2.36. The molecule has 0 radical (unpaired) electrons. The number of piperazine rings is 1. The summed E-state index contributed by atoms with van der Waals surface area (Å²) >= 11 is 0. The minimum Gasteiger partial charge on any atom is -0.368 e. The number of rotatable bonds is 6. The highest BCUT2D eigenvalue weighted by Gasteiger charge is 2.28. The van der Waals surface area contributed by atoms with Gasteiger partial charge >= 0.3 is 0 Å². The highest BCUT2D eigenvalue weighted by Crippen LogP contribution is 2.24. The number of benzene rings is 1. The van der Waals surface area contributed by atoms with E-state index in [2.05, 4.69) is 20.0 Å². The lowest BCUT2D eigenvalue weighted by Crippen LogP contribution is -2.52. The number of nitrogens with two attached hydrogens (primary N) is 1. The first-order valence-electron chi connectivity index (χ1n) is 10.3. The van der Waals surface area contributed by atoms with Crippen LogP contribution in [0.15, 0.2) is 36.8 Å². The molecule has 10 nitrogen and oxygen atoms in total. The highest BCUT2D eigenvalue weighted by atomic mass is 19.1. The van der Waals surface area contributed by atoms with E-state index in [-0.39, 0.29) is 12.5 Å². The first-order valence-corrected chi connectivity index (χ1v) is 10.3. The standard InChI is InChI=1S/C21H25FN8O2/c1-27(18(19(23)32)14-4-3-5-15(22)10-14)12-17(31)29-6-8-30(9-7-29)21-16-11-26-28(2)20(16)24-13-25-21/h3-5,10-11,13,18H,6-9,12H2,1-2H3,(H2,23,32). The Bertz CT molecular complexity index is 1140. The largest absolute Gasteiger partial charge is 0.368 e. The third-order valence-corrected chi connectivity index (χ3v) is 5.70. The van der Waals surface area contributed by atoms with E-state index in [0.717, 1.165) is 16.9 Å². The SMILES string of the molecule is CN(CC(=O)N1CCN(c2ncnc3c2cnn3C)CC1)C(C(N)=O)c1cccc(F)c1. The van der Waals surface area contributed by atoms with Gasteiger partial charge < -0.3 is 15.5 Å². The minimum atomic E-state index is -0.893. The summed E-state index contributed by atoms with van der Waals surface area (Å²) in [5.74, 6) is -0.423. The van der Waals surface area contributed by atoms with Crippen molar-refractivity contribution in [2.75, 3.05) is 44.7 Å². The number of carbonyl (C=O) groups excluding carboxylic acids is 2. The Morgan fingerprint density at radius 1 is 1.22 bits per heavy atom.